The number of hydrogen-bond acceptors (Lipinski definition) is 4. The molecular formula is C89H99N3O. The Hall–Kier alpha value is -7.82. The number of aryl methyl sites for hydroxylation is 2. The van der Waals surface area contributed by atoms with Crippen molar-refractivity contribution < 1.29 is 4.42 Å². The van der Waals surface area contributed by atoms with Gasteiger partial charge < -0.3 is 19.1 Å². The minimum absolute atomic E-state index is 0.00733. The molecule has 0 N–H and O–H groups in total. The lowest BCUT2D eigenvalue weighted by molar-refractivity contribution is 0.332. The van der Waals surface area contributed by atoms with Gasteiger partial charge in [0.1, 0.15) is 11.2 Å². The first-order valence-electron chi connectivity index (χ1n) is 35.0. The van der Waals surface area contributed by atoms with E-state index in [0.717, 1.165) is 66.8 Å². The van der Waals surface area contributed by atoms with E-state index in [1.54, 1.807) is 0 Å². The third kappa shape index (κ3) is 9.69. The predicted octanol–water partition coefficient (Wildman–Crippen LogP) is 25.7. The molecule has 0 saturated heterocycles. The zero-order valence-electron chi connectivity index (χ0n) is 59.6. The lowest BCUT2D eigenvalue weighted by Gasteiger charge is -2.49. The summed E-state index contributed by atoms with van der Waals surface area (Å²) in [5, 5.41) is 2.38. The molecule has 0 radical (unpaired) electrons. The largest absolute Gasteiger partial charge is 0.456 e. The van der Waals surface area contributed by atoms with Gasteiger partial charge in [0.25, 0.3) is 0 Å². The topological polar surface area (TPSA) is 22.9 Å². The molecule has 0 bridgehead atoms. The molecule has 3 aliphatic carbocycles. The van der Waals surface area contributed by atoms with Crippen LogP contribution in [-0.2, 0) is 43.3 Å². The van der Waals surface area contributed by atoms with E-state index in [0.29, 0.717) is 0 Å². The maximum Gasteiger partial charge on any atom is 0.137 e. The van der Waals surface area contributed by atoms with E-state index in [2.05, 4.69) is 311 Å². The van der Waals surface area contributed by atoms with Crippen LogP contribution in [0.15, 0.2) is 162 Å². The third-order valence-corrected chi connectivity index (χ3v) is 23.8. The zero-order valence-corrected chi connectivity index (χ0v) is 59.6. The van der Waals surface area contributed by atoms with Gasteiger partial charge in [0.05, 0.1) is 23.1 Å². The van der Waals surface area contributed by atoms with Crippen LogP contribution in [0.2, 0.25) is 0 Å². The first-order valence-corrected chi connectivity index (χ1v) is 35.0. The molecule has 1 aromatic heterocycles. The molecule has 1 atom stereocenters. The van der Waals surface area contributed by atoms with Crippen molar-refractivity contribution in [3.63, 3.8) is 0 Å². The van der Waals surface area contributed by atoms with E-state index < -0.39 is 0 Å². The van der Waals surface area contributed by atoms with Crippen LogP contribution < -0.4 is 14.7 Å². The molecule has 15 rings (SSSR count). The Balaban J connectivity index is 1.08. The summed E-state index contributed by atoms with van der Waals surface area (Å²) in [6.45, 7) is 48.1. The van der Waals surface area contributed by atoms with Gasteiger partial charge in [-0.3, -0.25) is 0 Å². The van der Waals surface area contributed by atoms with Crippen LogP contribution in [0.4, 0.5) is 45.5 Å². The Labute approximate surface area is 556 Å². The molecule has 0 amide bonds. The van der Waals surface area contributed by atoms with E-state index in [4.69, 9.17) is 4.42 Å². The number of benzene rings is 9. The van der Waals surface area contributed by atoms with Crippen molar-refractivity contribution >= 4 is 67.4 Å². The summed E-state index contributed by atoms with van der Waals surface area (Å²) in [5.41, 5.74) is 32.9. The first-order chi connectivity index (χ1) is 43.6. The van der Waals surface area contributed by atoms with E-state index >= 15 is 0 Å². The van der Waals surface area contributed by atoms with Gasteiger partial charge >= 0.3 is 0 Å². The van der Waals surface area contributed by atoms with Crippen LogP contribution in [0.3, 0.4) is 0 Å². The average Bonchev–Trinajstić information content (AvgIpc) is 1.47. The Bertz CT molecular complexity index is 4670. The second-order valence-electron chi connectivity index (χ2n) is 35.1. The fraction of sp³-hybridized carbons (Fsp3) is 0.393. The maximum atomic E-state index is 7.40. The monoisotopic (exact) mass is 1230 g/mol. The Kier molecular flexibility index (Phi) is 13.4. The molecule has 0 spiro atoms. The van der Waals surface area contributed by atoms with Gasteiger partial charge in [0.2, 0.25) is 0 Å². The zero-order chi connectivity index (χ0) is 65.8. The van der Waals surface area contributed by atoms with E-state index in [1.807, 2.05) is 0 Å². The minimum Gasteiger partial charge on any atom is -0.456 e. The second kappa shape index (κ2) is 20.3. The molecule has 93 heavy (non-hydrogen) atoms. The quantitative estimate of drug-likeness (QED) is 0.165. The van der Waals surface area contributed by atoms with Gasteiger partial charge in [0, 0.05) is 62.0 Å². The summed E-state index contributed by atoms with van der Waals surface area (Å²) >= 11 is 0. The lowest BCUT2D eigenvalue weighted by Crippen LogP contribution is -2.37. The first kappa shape index (κ1) is 61.4. The van der Waals surface area contributed by atoms with Crippen LogP contribution in [0, 0.1) is 13.8 Å². The van der Waals surface area contributed by atoms with Crippen LogP contribution in [-0.4, -0.2) is 0 Å². The van der Waals surface area contributed by atoms with Gasteiger partial charge in [-0.2, -0.15) is 0 Å². The third-order valence-electron chi connectivity index (χ3n) is 23.8. The van der Waals surface area contributed by atoms with Crippen molar-refractivity contribution in [3.8, 4) is 22.3 Å². The van der Waals surface area contributed by atoms with Crippen molar-refractivity contribution in [2.75, 3.05) is 14.7 Å². The normalized spacial score (nSPS) is 19.3. The molecule has 476 valence electrons. The highest BCUT2D eigenvalue weighted by molar-refractivity contribution is 6.10. The summed E-state index contributed by atoms with van der Waals surface area (Å²) < 4.78 is 7.40. The van der Waals surface area contributed by atoms with Gasteiger partial charge in [0.15, 0.2) is 0 Å². The van der Waals surface area contributed by atoms with Crippen molar-refractivity contribution in [2.24, 2.45) is 0 Å². The van der Waals surface area contributed by atoms with Crippen molar-refractivity contribution in [3.05, 3.63) is 224 Å². The van der Waals surface area contributed by atoms with Gasteiger partial charge in [-0.15, -0.1) is 0 Å². The van der Waals surface area contributed by atoms with Crippen molar-refractivity contribution in [2.45, 2.75) is 226 Å². The maximum absolute atomic E-state index is 7.40. The number of furan rings is 1. The summed E-state index contributed by atoms with van der Waals surface area (Å²) in [4.78, 5) is 7.98. The molecule has 2 aliphatic heterocycles. The summed E-state index contributed by atoms with van der Waals surface area (Å²) in [6, 6.07) is 62.9. The summed E-state index contributed by atoms with van der Waals surface area (Å²) in [5.74, 6) is 0. The number of rotatable bonds is 6. The number of fused-ring (bicyclic) bond motifs is 10. The number of anilines is 8. The highest BCUT2D eigenvalue weighted by Crippen LogP contribution is 2.64. The highest BCUT2D eigenvalue weighted by Gasteiger charge is 2.47. The fourth-order valence-corrected chi connectivity index (χ4v) is 17.4. The Morgan fingerprint density at radius 1 is 0.387 bits per heavy atom. The van der Waals surface area contributed by atoms with Gasteiger partial charge in [-0.05, 0) is 259 Å². The smallest absolute Gasteiger partial charge is 0.137 e. The van der Waals surface area contributed by atoms with Crippen LogP contribution in [0.25, 0.3) is 44.2 Å². The summed E-state index contributed by atoms with van der Waals surface area (Å²) in [6.07, 6.45) is 6.87. The molecule has 10 aromatic rings. The molecule has 1 unspecified atom stereocenters. The van der Waals surface area contributed by atoms with Gasteiger partial charge in [-0.25, -0.2) is 0 Å². The second-order valence-corrected chi connectivity index (χ2v) is 35.1. The van der Waals surface area contributed by atoms with E-state index in [-0.39, 0.29) is 49.4 Å². The van der Waals surface area contributed by atoms with Crippen LogP contribution in [0.1, 0.15) is 236 Å². The standard InChI is InChI=1S/C89H99N3O/c1-53-23-21-22-24-62(53)55-44-66-63-46-60(90(58-29-25-56(26-30-58)82(3,4)5)59-31-27-57(28-32-59)83(6,7)8)34-36-74(63)91(61-33-35-68-70(47-61)86(13,14)38-37-84(68,9)10)81-67-48-64-65-49-71-73(89(19,20)42-40-87(71,15)16)51-78(65)93-79(64)52-76(67)92(77(45-55)80(66)81)75-50-72-69(43-54(75)2)85(11,12)39-41-88(72,17)18/h21-36,43-52,81H,37-42H2,1-20H3. The van der Waals surface area contributed by atoms with Crippen LogP contribution in [0.5, 0.6) is 0 Å². The summed E-state index contributed by atoms with van der Waals surface area (Å²) in [7, 11) is 0. The minimum atomic E-state index is -0.232. The number of hydrogen-bond donors (Lipinski definition) is 0. The highest BCUT2D eigenvalue weighted by atomic mass is 16.3. The fourth-order valence-electron chi connectivity index (χ4n) is 17.4. The van der Waals surface area contributed by atoms with Gasteiger partial charge in [-0.1, -0.05) is 185 Å². The SMILES string of the molecule is Cc1ccccc1-c1cc2c3c(c1)N(c1cc4c(cc1C)C(C)(C)CCC4(C)C)c1cc4oc5cc6c(cc5c4cc1C3N(c1ccc3c(c1)C(C)(C)CCC3(C)C)c1ccc(N(c3ccc(C(C)(C)C)cc3)c3ccc(C(C)(C)C)cc3)cc1-2)C(C)(C)CCC6(C)C. The molecule has 3 heterocycles. The van der Waals surface area contributed by atoms with E-state index in [9.17, 15) is 0 Å². The Morgan fingerprint density at radius 3 is 1.45 bits per heavy atom. The molecule has 0 saturated carbocycles. The molecule has 4 nitrogen and oxygen atoms in total. The lowest BCUT2D eigenvalue weighted by atomic mass is 9.62. The molecule has 5 aliphatic rings. The Morgan fingerprint density at radius 2 is 0.882 bits per heavy atom. The van der Waals surface area contributed by atoms with Crippen LogP contribution >= 0.6 is 0 Å². The van der Waals surface area contributed by atoms with E-state index in [1.165, 1.54) is 128 Å². The average molecular weight is 1230 g/mol. The molecule has 4 heteroatoms. The van der Waals surface area contributed by atoms with Crippen molar-refractivity contribution in [1.82, 2.24) is 0 Å². The molecule has 9 aromatic carbocycles. The van der Waals surface area contributed by atoms with Crippen molar-refractivity contribution in [1.29, 1.82) is 0 Å². The molecular weight excluding hydrogens is 1130 g/mol. The number of nitrogens with zero attached hydrogens (tertiary/aromatic N) is 3. The molecule has 0 fully saturated rings. The predicted molar refractivity (Wildman–Crippen MR) is 397 cm³/mol.